The summed E-state index contributed by atoms with van der Waals surface area (Å²) in [4.78, 5) is 3.18. The Hall–Kier alpha value is -2.50. The molecule has 0 atom stereocenters. The summed E-state index contributed by atoms with van der Waals surface area (Å²) in [5.74, 6) is 0. The standard InChI is InChI=1S/C17H11ClN2/c18-14-7-5-12(6-8-14)9-13(10-19)16-11-20-17-4-2-1-3-15(16)17/h1-9,11,20H/b13-9-. The summed E-state index contributed by atoms with van der Waals surface area (Å²) in [6.45, 7) is 0. The molecule has 1 N–H and O–H groups in total. The molecule has 0 fully saturated rings. The number of H-pyrrole nitrogens is 1. The monoisotopic (exact) mass is 278 g/mol. The molecule has 3 rings (SSSR count). The van der Waals surface area contributed by atoms with Crippen LogP contribution in [0, 0.1) is 11.3 Å². The molecule has 0 aliphatic heterocycles. The lowest BCUT2D eigenvalue weighted by Crippen LogP contribution is -1.80. The second kappa shape index (κ2) is 5.24. The maximum atomic E-state index is 9.41. The molecule has 1 heterocycles. The highest BCUT2D eigenvalue weighted by Gasteiger charge is 2.07. The van der Waals surface area contributed by atoms with Gasteiger partial charge in [0, 0.05) is 27.7 Å². The molecule has 0 radical (unpaired) electrons. The van der Waals surface area contributed by atoms with Gasteiger partial charge >= 0.3 is 0 Å². The Balaban J connectivity index is 2.10. The third-order valence-corrected chi connectivity index (χ3v) is 3.43. The summed E-state index contributed by atoms with van der Waals surface area (Å²) in [7, 11) is 0. The number of nitriles is 1. The zero-order chi connectivity index (χ0) is 13.9. The normalized spacial score (nSPS) is 11.5. The van der Waals surface area contributed by atoms with Crippen LogP contribution in [0.1, 0.15) is 11.1 Å². The topological polar surface area (TPSA) is 39.6 Å². The van der Waals surface area contributed by atoms with Crippen molar-refractivity contribution >= 4 is 34.2 Å². The smallest absolute Gasteiger partial charge is 0.0998 e. The number of aromatic nitrogens is 1. The molecule has 0 saturated carbocycles. The van der Waals surface area contributed by atoms with Crippen LogP contribution >= 0.6 is 11.6 Å². The van der Waals surface area contributed by atoms with E-state index in [1.54, 1.807) is 0 Å². The highest BCUT2D eigenvalue weighted by molar-refractivity contribution is 6.30. The Morgan fingerprint density at radius 3 is 2.60 bits per heavy atom. The highest BCUT2D eigenvalue weighted by atomic mass is 35.5. The third kappa shape index (κ3) is 2.32. The molecule has 96 valence electrons. The largest absolute Gasteiger partial charge is 0.361 e. The number of hydrogen-bond acceptors (Lipinski definition) is 1. The van der Waals surface area contributed by atoms with Crippen molar-refractivity contribution in [3.63, 3.8) is 0 Å². The summed E-state index contributed by atoms with van der Waals surface area (Å²) in [6, 6.07) is 17.6. The predicted octanol–water partition coefficient (Wildman–Crippen LogP) is 4.89. The van der Waals surface area contributed by atoms with Crippen LogP contribution in [0.3, 0.4) is 0 Å². The van der Waals surface area contributed by atoms with E-state index in [-0.39, 0.29) is 0 Å². The molecule has 2 aromatic carbocycles. The van der Waals surface area contributed by atoms with Gasteiger partial charge in [-0.05, 0) is 29.8 Å². The van der Waals surface area contributed by atoms with Gasteiger partial charge in [0.15, 0.2) is 0 Å². The Labute approximate surface area is 121 Å². The van der Waals surface area contributed by atoms with Crippen LogP contribution in [-0.4, -0.2) is 4.98 Å². The van der Waals surface area contributed by atoms with E-state index in [1.807, 2.05) is 60.8 Å². The van der Waals surface area contributed by atoms with Crippen molar-refractivity contribution in [2.24, 2.45) is 0 Å². The summed E-state index contributed by atoms with van der Waals surface area (Å²) in [5.41, 5.74) is 3.53. The number of para-hydroxylation sites is 1. The van der Waals surface area contributed by atoms with E-state index in [9.17, 15) is 5.26 Å². The molecule has 0 saturated heterocycles. The number of benzene rings is 2. The van der Waals surface area contributed by atoms with Gasteiger partial charge in [-0.15, -0.1) is 0 Å². The average molecular weight is 279 g/mol. The molecule has 0 aliphatic rings. The van der Waals surface area contributed by atoms with E-state index >= 15 is 0 Å². The van der Waals surface area contributed by atoms with Crippen molar-refractivity contribution in [1.82, 2.24) is 4.98 Å². The van der Waals surface area contributed by atoms with Crippen molar-refractivity contribution in [2.45, 2.75) is 0 Å². The van der Waals surface area contributed by atoms with E-state index < -0.39 is 0 Å². The third-order valence-electron chi connectivity index (χ3n) is 3.18. The van der Waals surface area contributed by atoms with Crippen LogP contribution in [0.25, 0.3) is 22.6 Å². The predicted molar refractivity (Wildman–Crippen MR) is 83.2 cm³/mol. The average Bonchev–Trinajstić information content (AvgIpc) is 2.91. The maximum Gasteiger partial charge on any atom is 0.0998 e. The fourth-order valence-corrected chi connectivity index (χ4v) is 2.32. The summed E-state index contributed by atoms with van der Waals surface area (Å²) < 4.78 is 0. The minimum atomic E-state index is 0.629. The Morgan fingerprint density at radius 2 is 1.85 bits per heavy atom. The van der Waals surface area contributed by atoms with Gasteiger partial charge in [-0.2, -0.15) is 5.26 Å². The van der Waals surface area contributed by atoms with Gasteiger partial charge in [0.2, 0.25) is 0 Å². The van der Waals surface area contributed by atoms with Crippen LogP contribution in [-0.2, 0) is 0 Å². The second-order valence-corrected chi connectivity index (χ2v) is 4.91. The Kier molecular flexibility index (Phi) is 3.28. The van der Waals surface area contributed by atoms with Crippen molar-refractivity contribution < 1.29 is 0 Å². The van der Waals surface area contributed by atoms with Crippen LogP contribution in [0.2, 0.25) is 5.02 Å². The molecule has 2 nitrogen and oxygen atoms in total. The zero-order valence-electron chi connectivity index (χ0n) is 10.6. The number of rotatable bonds is 2. The van der Waals surface area contributed by atoms with E-state index in [2.05, 4.69) is 11.1 Å². The summed E-state index contributed by atoms with van der Waals surface area (Å²) >= 11 is 5.87. The van der Waals surface area contributed by atoms with Gasteiger partial charge in [-0.1, -0.05) is 41.9 Å². The van der Waals surface area contributed by atoms with Crippen molar-refractivity contribution in [2.75, 3.05) is 0 Å². The van der Waals surface area contributed by atoms with Crippen molar-refractivity contribution in [1.29, 1.82) is 5.26 Å². The molecule has 0 unspecified atom stereocenters. The highest BCUT2D eigenvalue weighted by Crippen LogP contribution is 2.26. The molecular formula is C17H11ClN2. The number of hydrogen-bond donors (Lipinski definition) is 1. The van der Waals surface area contributed by atoms with Crippen molar-refractivity contribution in [3.05, 3.63) is 70.9 Å². The quantitative estimate of drug-likeness (QED) is 0.666. The van der Waals surface area contributed by atoms with Crippen LogP contribution in [0.5, 0.6) is 0 Å². The van der Waals surface area contributed by atoms with E-state index in [1.165, 1.54) is 0 Å². The lowest BCUT2D eigenvalue weighted by Gasteiger charge is -1.98. The lowest BCUT2D eigenvalue weighted by atomic mass is 10.0. The first-order valence-electron chi connectivity index (χ1n) is 6.22. The van der Waals surface area contributed by atoms with E-state index in [0.29, 0.717) is 10.6 Å². The molecule has 0 aliphatic carbocycles. The molecule has 3 heteroatoms. The van der Waals surface area contributed by atoms with Crippen LogP contribution in [0.4, 0.5) is 0 Å². The summed E-state index contributed by atoms with van der Waals surface area (Å²) in [5, 5.41) is 11.2. The number of allylic oxidation sites excluding steroid dienone is 1. The molecular weight excluding hydrogens is 268 g/mol. The first-order valence-corrected chi connectivity index (χ1v) is 6.59. The fraction of sp³-hybridized carbons (Fsp3) is 0. The SMILES string of the molecule is N#C/C(=C/c1ccc(Cl)cc1)c1c[nH]c2ccccc12. The molecule has 1 aromatic heterocycles. The minimum absolute atomic E-state index is 0.629. The van der Waals surface area contributed by atoms with Gasteiger partial charge in [0.1, 0.15) is 0 Å². The van der Waals surface area contributed by atoms with Crippen LogP contribution in [0.15, 0.2) is 54.7 Å². The minimum Gasteiger partial charge on any atom is -0.361 e. The fourth-order valence-electron chi connectivity index (χ4n) is 2.19. The van der Waals surface area contributed by atoms with Crippen molar-refractivity contribution in [3.8, 4) is 6.07 Å². The number of aromatic amines is 1. The van der Waals surface area contributed by atoms with Gasteiger partial charge < -0.3 is 4.98 Å². The Bertz CT molecular complexity index is 820. The second-order valence-electron chi connectivity index (χ2n) is 4.47. The van der Waals surface area contributed by atoms with Gasteiger partial charge in [0.05, 0.1) is 11.6 Å². The molecule has 20 heavy (non-hydrogen) atoms. The lowest BCUT2D eigenvalue weighted by molar-refractivity contribution is 1.46. The summed E-state index contributed by atoms with van der Waals surface area (Å²) in [6.07, 6.45) is 3.74. The first kappa shape index (κ1) is 12.5. The number of nitrogens with one attached hydrogen (secondary N) is 1. The van der Waals surface area contributed by atoms with Crippen LogP contribution < -0.4 is 0 Å². The molecule has 3 aromatic rings. The first-order chi connectivity index (χ1) is 9.78. The molecule has 0 amide bonds. The van der Waals surface area contributed by atoms with E-state index in [4.69, 9.17) is 11.6 Å². The van der Waals surface area contributed by atoms with E-state index in [0.717, 1.165) is 22.0 Å². The van der Waals surface area contributed by atoms with Gasteiger partial charge in [0.25, 0.3) is 0 Å². The number of halogens is 1. The molecule has 0 bridgehead atoms. The zero-order valence-corrected chi connectivity index (χ0v) is 11.4. The Morgan fingerprint density at radius 1 is 1.10 bits per heavy atom. The number of fused-ring (bicyclic) bond motifs is 1. The molecule has 0 spiro atoms. The van der Waals surface area contributed by atoms with Gasteiger partial charge in [-0.25, -0.2) is 0 Å². The maximum absolute atomic E-state index is 9.41. The van der Waals surface area contributed by atoms with Gasteiger partial charge in [-0.3, -0.25) is 0 Å². The number of nitrogens with zero attached hydrogens (tertiary/aromatic N) is 1.